The maximum absolute atomic E-state index is 12.7. The molecule has 0 saturated carbocycles. The van der Waals surface area contributed by atoms with E-state index in [0.29, 0.717) is 29.2 Å². The van der Waals surface area contributed by atoms with Crippen LogP contribution in [0.2, 0.25) is 5.02 Å². The Morgan fingerprint density at radius 3 is 2.77 bits per heavy atom. The number of nitrogens with one attached hydrogen (secondary N) is 3. The minimum atomic E-state index is -0.649. The van der Waals surface area contributed by atoms with Crippen molar-refractivity contribution >= 4 is 41.0 Å². The van der Waals surface area contributed by atoms with Crippen LogP contribution in [0.25, 0.3) is 0 Å². The number of carbonyl (C=O) groups excluding carboxylic acids is 4. The number of aryl methyl sites for hydroxylation is 1. The normalized spacial score (nSPS) is 17.9. The second-order valence-electron chi connectivity index (χ2n) is 7.68. The first-order valence-corrected chi connectivity index (χ1v) is 10.3. The summed E-state index contributed by atoms with van der Waals surface area (Å²) in [5.41, 5.74) is 3.64. The summed E-state index contributed by atoms with van der Waals surface area (Å²) in [5.74, 6) is -0.981. The molecule has 8 nitrogen and oxygen atoms in total. The molecule has 160 valence electrons. The van der Waals surface area contributed by atoms with E-state index in [9.17, 15) is 19.2 Å². The monoisotopic (exact) mass is 440 g/mol. The number of piperidine rings is 1. The zero-order valence-electron chi connectivity index (χ0n) is 16.8. The Balaban J connectivity index is 1.39. The molecule has 2 aliphatic heterocycles. The number of urea groups is 1. The van der Waals surface area contributed by atoms with Gasteiger partial charge in [-0.1, -0.05) is 29.8 Å². The number of amides is 5. The third-order valence-electron chi connectivity index (χ3n) is 5.41. The molecular weight excluding hydrogens is 420 g/mol. The van der Waals surface area contributed by atoms with Gasteiger partial charge in [-0.3, -0.25) is 19.7 Å². The Kier molecular flexibility index (Phi) is 5.65. The van der Waals surface area contributed by atoms with Gasteiger partial charge in [0.05, 0.1) is 10.7 Å². The highest BCUT2D eigenvalue weighted by Gasteiger charge is 2.39. The van der Waals surface area contributed by atoms with Gasteiger partial charge in [0.2, 0.25) is 11.8 Å². The molecule has 1 unspecified atom stereocenters. The van der Waals surface area contributed by atoms with E-state index in [0.717, 1.165) is 16.7 Å². The number of anilines is 1. The summed E-state index contributed by atoms with van der Waals surface area (Å²) in [4.78, 5) is 50.0. The summed E-state index contributed by atoms with van der Waals surface area (Å²) < 4.78 is 0. The first-order chi connectivity index (χ1) is 14.8. The molecule has 2 aromatic carbocycles. The average Bonchev–Trinajstić information content (AvgIpc) is 3.05. The largest absolute Gasteiger partial charge is 0.334 e. The van der Waals surface area contributed by atoms with Crippen molar-refractivity contribution in [2.24, 2.45) is 0 Å². The summed E-state index contributed by atoms with van der Waals surface area (Å²) in [5, 5.41) is 8.24. The highest BCUT2D eigenvalue weighted by molar-refractivity contribution is 6.33. The molecule has 1 saturated heterocycles. The molecule has 2 aromatic rings. The molecule has 0 bridgehead atoms. The minimum Gasteiger partial charge on any atom is -0.334 e. The number of fused-ring (bicyclic) bond motifs is 1. The van der Waals surface area contributed by atoms with Crippen LogP contribution in [0.4, 0.5) is 10.5 Å². The summed E-state index contributed by atoms with van der Waals surface area (Å²) >= 11 is 6.10. The number of hydrogen-bond donors (Lipinski definition) is 3. The second kappa shape index (κ2) is 8.39. The van der Waals surface area contributed by atoms with E-state index in [-0.39, 0.29) is 24.8 Å². The lowest BCUT2D eigenvalue weighted by Crippen LogP contribution is -2.52. The zero-order valence-corrected chi connectivity index (χ0v) is 17.6. The van der Waals surface area contributed by atoms with Gasteiger partial charge in [0, 0.05) is 25.1 Å². The van der Waals surface area contributed by atoms with Crippen LogP contribution in [0.1, 0.15) is 39.9 Å². The van der Waals surface area contributed by atoms with Gasteiger partial charge in [-0.25, -0.2) is 4.79 Å². The molecule has 5 amide bonds. The Morgan fingerprint density at radius 1 is 1.19 bits per heavy atom. The van der Waals surface area contributed by atoms with Gasteiger partial charge in [0.25, 0.3) is 5.91 Å². The predicted molar refractivity (Wildman–Crippen MR) is 115 cm³/mol. The zero-order chi connectivity index (χ0) is 22.1. The van der Waals surface area contributed by atoms with Crippen LogP contribution >= 0.6 is 11.6 Å². The molecule has 1 atom stereocenters. The first-order valence-electron chi connectivity index (χ1n) is 9.89. The van der Waals surface area contributed by atoms with Gasteiger partial charge >= 0.3 is 6.03 Å². The molecule has 9 heteroatoms. The third kappa shape index (κ3) is 4.39. The molecule has 2 aliphatic rings. The van der Waals surface area contributed by atoms with Crippen LogP contribution in [0.15, 0.2) is 36.4 Å². The maximum Gasteiger partial charge on any atom is 0.319 e. The SMILES string of the molecule is Cc1ccc(Cl)c(NC(=O)NCc2ccc3c(c2)CN(C2CCC(=O)NC2=O)C3=O)c1. The van der Waals surface area contributed by atoms with Gasteiger partial charge in [0.15, 0.2) is 0 Å². The van der Waals surface area contributed by atoms with Gasteiger partial charge in [0.1, 0.15) is 6.04 Å². The average molecular weight is 441 g/mol. The topological polar surface area (TPSA) is 108 Å². The number of rotatable bonds is 4. The van der Waals surface area contributed by atoms with Crippen molar-refractivity contribution in [2.75, 3.05) is 5.32 Å². The first kappa shape index (κ1) is 20.9. The van der Waals surface area contributed by atoms with Crippen LogP contribution in [-0.4, -0.2) is 34.7 Å². The van der Waals surface area contributed by atoms with E-state index < -0.39 is 18.0 Å². The molecular formula is C22H21ClN4O4. The molecule has 3 N–H and O–H groups in total. The van der Waals surface area contributed by atoms with Crippen molar-refractivity contribution in [1.29, 1.82) is 0 Å². The van der Waals surface area contributed by atoms with Crippen molar-refractivity contribution in [3.05, 3.63) is 63.7 Å². The van der Waals surface area contributed by atoms with Crippen molar-refractivity contribution in [3.63, 3.8) is 0 Å². The van der Waals surface area contributed by atoms with Crippen molar-refractivity contribution in [2.45, 2.75) is 38.9 Å². The lowest BCUT2D eigenvalue weighted by Gasteiger charge is -2.29. The van der Waals surface area contributed by atoms with Crippen LogP contribution in [0.5, 0.6) is 0 Å². The Bertz CT molecular complexity index is 1100. The standard InChI is InChI=1S/C22H21ClN4O4/c1-12-2-5-16(23)17(8-12)25-22(31)24-10-13-3-4-15-14(9-13)11-27(21(15)30)18-6-7-19(28)26-20(18)29/h2-5,8-9,18H,6-7,10-11H2,1H3,(H2,24,25,31)(H,26,28,29). The fraction of sp³-hybridized carbons (Fsp3) is 0.273. The van der Waals surface area contributed by atoms with E-state index in [2.05, 4.69) is 16.0 Å². The highest BCUT2D eigenvalue weighted by Crippen LogP contribution is 2.28. The van der Waals surface area contributed by atoms with Gasteiger partial charge in [-0.05, 0) is 48.2 Å². The number of imide groups is 1. The van der Waals surface area contributed by atoms with Crippen LogP contribution in [-0.2, 0) is 22.7 Å². The van der Waals surface area contributed by atoms with Crippen molar-refractivity contribution < 1.29 is 19.2 Å². The molecule has 0 aliphatic carbocycles. The molecule has 2 heterocycles. The minimum absolute atomic E-state index is 0.214. The third-order valence-corrected chi connectivity index (χ3v) is 5.74. The fourth-order valence-electron chi connectivity index (χ4n) is 3.82. The van der Waals surface area contributed by atoms with E-state index >= 15 is 0 Å². The number of hydrogen-bond acceptors (Lipinski definition) is 4. The van der Waals surface area contributed by atoms with E-state index in [4.69, 9.17) is 11.6 Å². The predicted octanol–water partition coefficient (Wildman–Crippen LogP) is 2.73. The number of carbonyl (C=O) groups is 4. The molecule has 0 aromatic heterocycles. The Morgan fingerprint density at radius 2 is 2.00 bits per heavy atom. The second-order valence-corrected chi connectivity index (χ2v) is 8.09. The number of nitrogens with zero attached hydrogens (tertiary/aromatic N) is 1. The lowest BCUT2D eigenvalue weighted by molar-refractivity contribution is -0.136. The molecule has 0 spiro atoms. The van der Waals surface area contributed by atoms with E-state index in [1.807, 2.05) is 19.1 Å². The molecule has 1 fully saturated rings. The maximum atomic E-state index is 12.7. The van der Waals surface area contributed by atoms with E-state index in [1.165, 1.54) is 4.90 Å². The summed E-state index contributed by atoms with van der Waals surface area (Å²) in [7, 11) is 0. The Hall–Kier alpha value is -3.39. The molecule has 4 rings (SSSR count). The fourth-order valence-corrected chi connectivity index (χ4v) is 3.99. The lowest BCUT2D eigenvalue weighted by atomic mass is 10.0. The van der Waals surface area contributed by atoms with Crippen molar-refractivity contribution in [3.8, 4) is 0 Å². The summed E-state index contributed by atoms with van der Waals surface area (Å²) in [6.07, 6.45) is 0.534. The molecule has 31 heavy (non-hydrogen) atoms. The summed E-state index contributed by atoms with van der Waals surface area (Å²) in [6.45, 7) is 2.46. The number of benzene rings is 2. The quantitative estimate of drug-likeness (QED) is 0.635. The summed E-state index contributed by atoms with van der Waals surface area (Å²) in [6, 6.07) is 9.64. The van der Waals surface area contributed by atoms with Gasteiger partial charge < -0.3 is 15.5 Å². The van der Waals surface area contributed by atoms with Gasteiger partial charge in [-0.15, -0.1) is 0 Å². The number of halogens is 1. The van der Waals surface area contributed by atoms with Crippen molar-refractivity contribution in [1.82, 2.24) is 15.5 Å². The van der Waals surface area contributed by atoms with Crippen LogP contribution in [0.3, 0.4) is 0 Å². The van der Waals surface area contributed by atoms with Crippen LogP contribution in [0, 0.1) is 6.92 Å². The van der Waals surface area contributed by atoms with E-state index in [1.54, 1.807) is 24.3 Å². The van der Waals surface area contributed by atoms with Crippen LogP contribution < -0.4 is 16.0 Å². The highest BCUT2D eigenvalue weighted by atomic mass is 35.5. The van der Waals surface area contributed by atoms with Gasteiger partial charge in [-0.2, -0.15) is 0 Å². The smallest absolute Gasteiger partial charge is 0.319 e. The Labute approximate surface area is 183 Å². The molecule has 0 radical (unpaired) electrons.